The summed E-state index contributed by atoms with van der Waals surface area (Å²) >= 11 is 0. The molecule has 2 aromatic carbocycles. The molecule has 1 unspecified atom stereocenters. The number of amides is 3. The zero-order chi connectivity index (χ0) is 26.4. The number of aliphatic hydroxyl groups is 1. The Morgan fingerprint density at radius 2 is 2.03 bits per heavy atom. The third kappa shape index (κ3) is 6.30. The number of rotatable bonds is 9. The number of hydrogen-bond donors (Lipinski definition) is 3. The summed E-state index contributed by atoms with van der Waals surface area (Å²) in [4.78, 5) is 38.0. The fourth-order valence-corrected chi connectivity index (χ4v) is 4.45. The molecule has 11 heteroatoms. The van der Waals surface area contributed by atoms with Crippen molar-refractivity contribution in [1.82, 2.24) is 15.5 Å². The molecule has 2 aromatic rings. The normalized spacial score (nSPS) is 18.5. The van der Waals surface area contributed by atoms with Crippen molar-refractivity contribution in [2.24, 2.45) is 0 Å². The van der Waals surface area contributed by atoms with Gasteiger partial charge in [0.05, 0.1) is 24.8 Å². The van der Waals surface area contributed by atoms with Crippen LogP contribution in [0.4, 0.5) is 8.78 Å². The molecule has 2 aliphatic heterocycles. The Morgan fingerprint density at radius 1 is 1.22 bits per heavy atom. The van der Waals surface area contributed by atoms with Crippen LogP contribution in [0.15, 0.2) is 42.5 Å². The first-order valence-electron chi connectivity index (χ1n) is 12.0. The number of imide groups is 1. The number of fused-ring (bicyclic) bond motifs is 1. The number of nitrogens with one attached hydrogen (secondary N) is 2. The Labute approximate surface area is 212 Å². The highest BCUT2D eigenvalue weighted by atomic mass is 19.3. The predicted octanol–water partition coefficient (Wildman–Crippen LogP) is 1.60. The third-order valence-electron chi connectivity index (χ3n) is 6.37. The SMILES string of the molecule is O=C1CCC(N2COCc3ccc(CCNC(=O)C(F)(F)c4ccccc4OCCO)cc3C2)C(=O)N1. The number of nitrogens with zero attached hydrogens (tertiary/aromatic N) is 1. The molecule has 3 amide bonds. The van der Waals surface area contributed by atoms with E-state index in [1.54, 1.807) is 0 Å². The standard InChI is InChI=1S/C26H29F2N3O6/c27-26(28,20-3-1-2-4-22(20)37-12-11-32)25(35)29-10-9-17-5-6-18-15-36-16-31(14-19(18)13-17)21-7-8-23(33)30-24(21)34/h1-6,13,21,32H,7-12,14-16H2,(H,29,35)(H,30,33,34). The van der Waals surface area contributed by atoms with E-state index in [9.17, 15) is 23.2 Å². The number of ether oxygens (including phenoxy) is 2. The van der Waals surface area contributed by atoms with Crippen molar-refractivity contribution in [3.8, 4) is 5.75 Å². The number of carbonyl (C=O) groups is 3. The molecular weight excluding hydrogens is 488 g/mol. The smallest absolute Gasteiger partial charge is 0.353 e. The molecule has 9 nitrogen and oxygen atoms in total. The summed E-state index contributed by atoms with van der Waals surface area (Å²) in [7, 11) is 0. The van der Waals surface area contributed by atoms with Crippen molar-refractivity contribution < 1.29 is 37.7 Å². The Bertz CT molecular complexity index is 1160. The van der Waals surface area contributed by atoms with Gasteiger partial charge in [-0.1, -0.05) is 30.3 Å². The molecular formula is C26H29F2N3O6. The van der Waals surface area contributed by atoms with E-state index in [1.807, 2.05) is 23.1 Å². The van der Waals surface area contributed by atoms with Crippen LogP contribution >= 0.6 is 0 Å². The lowest BCUT2D eigenvalue weighted by molar-refractivity contribution is -0.147. The van der Waals surface area contributed by atoms with Gasteiger partial charge in [-0.15, -0.1) is 0 Å². The van der Waals surface area contributed by atoms with Crippen LogP contribution in [0, 0.1) is 0 Å². The summed E-state index contributed by atoms with van der Waals surface area (Å²) in [6, 6.07) is 10.5. The van der Waals surface area contributed by atoms with Crippen molar-refractivity contribution in [3.63, 3.8) is 0 Å². The topological polar surface area (TPSA) is 117 Å². The molecule has 1 fully saturated rings. The minimum Gasteiger partial charge on any atom is -0.491 e. The maximum Gasteiger partial charge on any atom is 0.353 e. The van der Waals surface area contributed by atoms with Crippen LogP contribution in [0.1, 0.15) is 35.1 Å². The second-order valence-corrected chi connectivity index (χ2v) is 8.94. The van der Waals surface area contributed by atoms with E-state index in [2.05, 4.69) is 10.6 Å². The highest BCUT2D eigenvalue weighted by molar-refractivity contribution is 6.00. The first-order chi connectivity index (χ1) is 17.8. The molecule has 1 saturated heterocycles. The Morgan fingerprint density at radius 3 is 2.81 bits per heavy atom. The molecule has 2 aliphatic rings. The van der Waals surface area contributed by atoms with Crippen LogP contribution in [-0.2, 0) is 44.6 Å². The molecule has 37 heavy (non-hydrogen) atoms. The summed E-state index contributed by atoms with van der Waals surface area (Å²) in [6.45, 7) is 0.513. The number of hydrogen-bond acceptors (Lipinski definition) is 7. The zero-order valence-electron chi connectivity index (χ0n) is 20.2. The van der Waals surface area contributed by atoms with E-state index in [1.165, 1.54) is 18.2 Å². The van der Waals surface area contributed by atoms with Gasteiger partial charge in [0.2, 0.25) is 11.8 Å². The van der Waals surface area contributed by atoms with Gasteiger partial charge in [0.25, 0.3) is 5.91 Å². The van der Waals surface area contributed by atoms with Crippen LogP contribution in [-0.4, -0.2) is 60.3 Å². The Kier molecular flexibility index (Phi) is 8.47. The van der Waals surface area contributed by atoms with Crippen LogP contribution in [0.5, 0.6) is 5.75 Å². The summed E-state index contributed by atoms with van der Waals surface area (Å²) in [6.07, 6.45) is 0.997. The monoisotopic (exact) mass is 517 g/mol. The minimum absolute atomic E-state index is 0.0137. The lowest BCUT2D eigenvalue weighted by Gasteiger charge is -2.31. The minimum atomic E-state index is -3.82. The zero-order valence-corrected chi connectivity index (χ0v) is 20.2. The average Bonchev–Trinajstić information content (AvgIpc) is 3.09. The first-order valence-corrected chi connectivity index (χ1v) is 12.0. The quantitative estimate of drug-likeness (QED) is 0.433. The van der Waals surface area contributed by atoms with Crippen LogP contribution in [0.25, 0.3) is 0 Å². The highest BCUT2D eigenvalue weighted by Crippen LogP contribution is 2.35. The molecule has 0 aliphatic carbocycles. The average molecular weight is 518 g/mol. The van der Waals surface area contributed by atoms with Crippen molar-refractivity contribution in [2.45, 2.75) is 44.4 Å². The van der Waals surface area contributed by atoms with E-state index >= 15 is 0 Å². The second-order valence-electron chi connectivity index (χ2n) is 8.94. The molecule has 1 atom stereocenters. The van der Waals surface area contributed by atoms with Gasteiger partial charge >= 0.3 is 5.92 Å². The van der Waals surface area contributed by atoms with E-state index in [0.717, 1.165) is 22.8 Å². The van der Waals surface area contributed by atoms with E-state index in [-0.39, 0.29) is 50.5 Å². The Balaban J connectivity index is 1.38. The summed E-state index contributed by atoms with van der Waals surface area (Å²) in [5.41, 5.74) is 2.15. The van der Waals surface area contributed by atoms with Gasteiger partial charge in [0.15, 0.2) is 0 Å². The summed E-state index contributed by atoms with van der Waals surface area (Å²) in [5, 5.41) is 13.6. The fourth-order valence-electron chi connectivity index (χ4n) is 4.45. The number of para-hydroxylation sites is 1. The van der Waals surface area contributed by atoms with Gasteiger partial charge in [0, 0.05) is 19.5 Å². The van der Waals surface area contributed by atoms with E-state index < -0.39 is 23.4 Å². The third-order valence-corrected chi connectivity index (χ3v) is 6.37. The summed E-state index contributed by atoms with van der Waals surface area (Å²) in [5.74, 6) is -6.05. The number of benzene rings is 2. The van der Waals surface area contributed by atoms with Crippen LogP contribution in [0.2, 0.25) is 0 Å². The lowest BCUT2D eigenvalue weighted by Crippen LogP contribution is -2.52. The molecule has 0 spiro atoms. The number of carbonyl (C=O) groups excluding carboxylic acids is 3. The van der Waals surface area contributed by atoms with Crippen molar-refractivity contribution in [3.05, 3.63) is 64.7 Å². The highest BCUT2D eigenvalue weighted by Gasteiger charge is 2.43. The summed E-state index contributed by atoms with van der Waals surface area (Å²) < 4.78 is 40.6. The molecule has 0 radical (unpaired) electrons. The van der Waals surface area contributed by atoms with Gasteiger partial charge in [-0.25, -0.2) is 0 Å². The van der Waals surface area contributed by atoms with Gasteiger partial charge in [-0.2, -0.15) is 8.78 Å². The fraction of sp³-hybridized carbons (Fsp3) is 0.423. The number of alkyl halides is 2. The second kappa shape index (κ2) is 11.8. The van der Waals surface area contributed by atoms with Gasteiger partial charge in [-0.3, -0.25) is 24.6 Å². The maximum atomic E-state index is 14.9. The van der Waals surface area contributed by atoms with Crippen molar-refractivity contribution in [1.29, 1.82) is 0 Å². The number of aliphatic hydroxyl groups excluding tert-OH is 1. The van der Waals surface area contributed by atoms with E-state index in [0.29, 0.717) is 26.0 Å². The molecule has 3 N–H and O–H groups in total. The molecule has 198 valence electrons. The van der Waals surface area contributed by atoms with Crippen LogP contribution in [0.3, 0.4) is 0 Å². The number of halogens is 2. The van der Waals surface area contributed by atoms with Gasteiger partial charge in [-0.05, 0) is 41.7 Å². The molecule has 0 bridgehead atoms. The molecule has 2 heterocycles. The van der Waals surface area contributed by atoms with Crippen molar-refractivity contribution in [2.75, 3.05) is 26.5 Å². The van der Waals surface area contributed by atoms with Crippen molar-refractivity contribution >= 4 is 17.7 Å². The maximum absolute atomic E-state index is 14.9. The van der Waals surface area contributed by atoms with E-state index in [4.69, 9.17) is 14.6 Å². The predicted molar refractivity (Wildman–Crippen MR) is 127 cm³/mol. The van der Waals surface area contributed by atoms with Gasteiger partial charge < -0.3 is 19.9 Å². The number of piperidine rings is 1. The molecule has 0 aromatic heterocycles. The first kappa shape index (κ1) is 26.6. The lowest BCUT2D eigenvalue weighted by atomic mass is 10.00. The largest absolute Gasteiger partial charge is 0.491 e. The molecule has 0 saturated carbocycles. The van der Waals surface area contributed by atoms with Gasteiger partial charge in [0.1, 0.15) is 19.1 Å². The molecule has 4 rings (SSSR count). The Hall–Kier alpha value is -3.41. The van der Waals surface area contributed by atoms with Crippen LogP contribution < -0.4 is 15.4 Å².